The van der Waals surface area contributed by atoms with Crippen LogP contribution in [0.25, 0.3) is 0 Å². The van der Waals surface area contributed by atoms with Crippen molar-refractivity contribution in [2.75, 3.05) is 11.5 Å². The first-order valence-corrected chi connectivity index (χ1v) is 5.59. The van der Waals surface area contributed by atoms with Crippen LogP contribution in [-0.4, -0.2) is 26.6 Å². The fraction of sp³-hybridized carbons (Fsp3) is 0.750. The number of nitrogens with zero attached hydrogens (tertiary/aromatic N) is 3. The summed E-state index contributed by atoms with van der Waals surface area (Å²) in [6, 6.07) is 0.430. The minimum absolute atomic E-state index is 0.151. The molecule has 1 aromatic heterocycles. The zero-order valence-electron chi connectivity index (χ0n) is 8.77. The Morgan fingerprint density at radius 1 is 1.36 bits per heavy atom. The zero-order valence-corrected chi connectivity index (χ0v) is 9.58. The molecule has 0 saturated heterocycles. The predicted molar refractivity (Wildman–Crippen MR) is 59.2 cm³/mol. The second-order valence-electron chi connectivity index (χ2n) is 3.59. The second-order valence-corrected chi connectivity index (χ2v) is 4.58. The molecule has 1 atom stereocenters. The van der Waals surface area contributed by atoms with Crippen LogP contribution in [0.2, 0.25) is 0 Å². The van der Waals surface area contributed by atoms with E-state index in [0.717, 1.165) is 10.9 Å². The van der Waals surface area contributed by atoms with Crippen molar-refractivity contribution >= 4 is 17.7 Å². The lowest BCUT2D eigenvalue weighted by Crippen LogP contribution is -2.18. The minimum atomic E-state index is 0.151. The van der Waals surface area contributed by atoms with E-state index in [1.807, 2.05) is 11.5 Å². The highest BCUT2D eigenvalue weighted by atomic mass is 32.2. The Morgan fingerprint density at radius 3 is 2.50 bits per heavy atom. The molecule has 0 amide bonds. The molecule has 1 aromatic rings. The van der Waals surface area contributed by atoms with Gasteiger partial charge in [0, 0.05) is 17.8 Å². The molecule has 0 aliphatic rings. The molecule has 4 N–H and O–H groups in total. The number of thioether (sulfide) groups is 1. The van der Waals surface area contributed by atoms with Gasteiger partial charge < -0.3 is 11.5 Å². The molecular weight excluding hydrogens is 198 g/mol. The molecule has 0 aliphatic carbocycles. The first-order chi connectivity index (χ1) is 6.52. The summed E-state index contributed by atoms with van der Waals surface area (Å²) in [6.45, 7) is 6.07. The molecule has 1 rings (SSSR count). The molecule has 0 saturated carbocycles. The van der Waals surface area contributed by atoms with Gasteiger partial charge >= 0.3 is 0 Å². The van der Waals surface area contributed by atoms with Gasteiger partial charge in [-0.2, -0.15) is 0 Å². The topological polar surface area (TPSA) is 82.8 Å². The minimum Gasteiger partial charge on any atom is -0.368 e. The lowest BCUT2D eigenvalue weighted by molar-refractivity contribution is 0.557. The van der Waals surface area contributed by atoms with Crippen LogP contribution in [0.5, 0.6) is 0 Å². The van der Waals surface area contributed by atoms with Crippen molar-refractivity contribution in [2.24, 2.45) is 5.73 Å². The highest BCUT2D eigenvalue weighted by Gasteiger charge is 2.12. The number of nitrogen functional groups attached to an aromatic ring is 1. The third-order valence-electron chi connectivity index (χ3n) is 1.68. The van der Waals surface area contributed by atoms with Crippen LogP contribution in [0, 0.1) is 0 Å². The molecular formula is C8H17N5S. The summed E-state index contributed by atoms with van der Waals surface area (Å²) >= 11 is 1.59. The average Bonchev–Trinajstić information content (AvgIpc) is 2.43. The summed E-state index contributed by atoms with van der Waals surface area (Å²) in [5, 5.41) is 8.69. The largest absolute Gasteiger partial charge is 0.368 e. The molecule has 5 nitrogen and oxygen atoms in total. The van der Waals surface area contributed by atoms with E-state index in [0.29, 0.717) is 5.95 Å². The molecule has 6 heteroatoms. The van der Waals surface area contributed by atoms with Gasteiger partial charge in [-0.25, -0.2) is 0 Å². The Labute approximate surface area is 88.3 Å². The van der Waals surface area contributed by atoms with E-state index >= 15 is 0 Å². The van der Waals surface area contributed by atoms with E-state index in [2.05, 4.69) is 24.0 Å². The normalized spacial score (nSPS) is 13.5. The highest BCUT2D eigenvalue weighted by Crippen LogP contribution is 2.22. The fourth-order valence-corrected chi connectivity index (χ4v) is 2.03. The fourth-order valence-electron chi connectivity index (χ4n) is 1.08. The van der Waals surface area contributed by atoms with E-state index in [1.54, 1.807) is 11.8 Å². The van der Waals surface area contributed by atoms with E-state index in [1.165, 1.54) is 0 Å². The quantitative estimate of drug-likeness (QED) is 0.728. The molecule has 1 unspecified atom stereocenters. The molecule has 0 aromatic carbocycles. The van der Waals surface area contributed by atoms with Gasteiger partial charge in [0.25, 0.3) is 0 Å². The SMILES string of the molecule is CC(N)CSc1nnc(N)n1C(C)C. The van der Waals surface area contributed by atoms with Crippen molar-refractivity contribution < 1.29 is 0 Å². The zero-order chi connectivity index (χ0) is 10.7. The number of hydrogen-bond acceptors (Lipinski definition) is 5. The third kappa shape index (κ3) is 2.62. The van der Waals surface area contributed by atoms with Crippen LogP contribution in [0.3, 0.4) is 0 Å². The summed E-state index contributed by atoms with van der Waals surface area (Å²) in [6.07, 6.45) is 0. The van der Waals surface area contributed by atoms with Gasteiger partial charge in [-0.3, -0.25) is 4.57 Å². The standard InChI is InChI=1S/C8H17N5S/c1-5(2)13-7(10)11-12-8(13)14-4-6(3)9/h5-6H,4,9H2,1-3H3,(H2,10,11). The number of rotatable bonds is 4. The predicted octanol–water partition coefficient (Wildman–Crippen LogP) is 0.880. The van der Waals surface area contributed by atoms with Gasteiger partial charge in [0.15, 0.2) is 5.16 Å². The van der Waals surface area contributed by atoms with Crippen LogP contribution in [0.15, 0.2) is 5.16 Å². The second kappa shape index (κ2) is 4.65. The Kier molecular flexibility index (Phi) is 3.77. The molecule has 0 radical (unpaired) electrons. The Bertz CT molecular complexity index is 294. The van der Waals surface area contributed by atoms with E-state index in [-0.39, 0.29) is 12.1 Å². The van der Waals surface area contributed by atoms with Crippen molar-refractivity contribution in [2.45, 2.75) is 38.0 Å². The van der Waals surface area contributed by atoms with Crippen molar-refractivity contribution in [3.8, 4) is 0 Å². The van der Waals surface area contributed by atoms with Gasteiger partial charge in [0.05, 0.1) is 0 Å². The molecule has 80 valence electrons. The monoisotopic (exact) mass is 215 g/mol. The molecule has 0 spiro atoms. The lowest BCUT2D eigenvalue weighted by atomic mass is 10.4. The molecule has 14 heavy (non-hydrogen) atoms. The van der Waals surface area contributed by atoms with Crippen LogP contribution in [0.1, 0.15) is 26.8 Å². The third-order valence-corrected chi connectivity index (χ3v) is 2.91. The van der Waals surface area contributed by atoms with E-state index in [4.69, 9.17) is 11.5 Å². The number of hydrogen-bond donors (Lipinski definition) is 2. The van der Waals surface area contributed by atoms with Crippen molar-refractivity contribution in [1.29, 1.82) is 0 Å². The number of anilines is 1. The maximum Gasteiger partial charge on any atom is 0.222 e. The number of nitrogens with two attached hydrogens (primary N) is 2. The van der Waals surface area contributed by atoms with Crippen molar-refractivity contribution in [3.63, 3.8) is 0 Å². The summed E-state index contributed by atoms with van der Waals surface area (Å²) in [7, 11) is 0. The Morgan fingerprint density at radius 2 is 2.00 bits per heavy atom. The summed E-state index contributed by atoms with van der Waals surface area (Å²) in [5.74, 6) is 1.29. The van der Waals surface area contributed by atoms with Crippen LogP contribution in [0.4, 0.5) is 5.95 Å². The molecule has 1 heterocycles. The van der Waals surface area contributed by atoms with Gasteiger partial charge in [-0.15, -0.1) is 10.2 Å². The maximum absolute atomic E-state index is 5.69. The van der Waals surface area contributed by atoms with E-state index < -0.39 is 0 Å². The Balaban J connectivity index is 2.76. The first kappa shape index (κ1) is 11.3. The highest BCUT2D eigenvalue weighted by molar-refractivity contribution is 7.99. The first-order valence-electron chi connectivity index (χ1n) is 4.61. The van der Waals surface area contributed by atoms with Crippen LogP contribution >= 0.6 is 11.8 Å². The summed E-state index contributed by atoms with van der Waals surface area (Å²) in [5.41, 5.74) is 11.4. The van der Waals surface area contributed by atoms with Crippen molar-refractivity contribution in [1.82, 2.24) is 14.8 Å². The molecule has 0 aliphatic heterocycles. The van der Waals surface area contributed by atoms with Crippen molar-refractivity contribution in [3.05, 3.63) is 0 Å². The van der Waals surface area contributed by atoms with Gasteiger partial charge in [0.1, 0.15) is 0 Å². The lowest BCUT2D eigenvalue weighted by Gasteiger charge is -2.11. The molecule has 0 bridgehead atoms. The van der Waals surface area contributed by atoms with E-state index in [9.17, 15) is 0 Å². The van der Waals surface area contributed by atoms with Gasteiger partial charge in [0.2, 0.25) is 5.95 Å². The van der Waals surface area contributed by atoms with Gasteiger partial charge in [-0.1, -0.05) is 11.8 Å². The molecule has 0 fully saturated rings. The Hall–Kier alpha value is -0.750. The summed E-state index contributed by atoms with van der Waals surface area (Å²) < 4.78 is 1.91. The average molecular weight is 215 g/mol. The maximum atomic E-state index is 5.69. The smallest absolute Gasteiger partial charge is 0.222 e. The van der Waals surface area contributed by atoms with Crippen LogP contribution < -0.4 is 11.5 Å². The van der Waals surface area contributed by atoms with Gasteiger partial charge in [-0.05, 0) is 20.8 Å². The van der Waals surface area contributed by atoms with Crippen LogP contribution in [-0.2, 0) is 0 Å². The number of aromatic nitrogens is 3. The summed E-state index contributed by atoms with van der Waals surface area (Å²) in [4.78, 5) is 0.